The maximum atomic E-state index is 5.39. The van der Waals surface area contributed by atoms with Gasteiger partial charge in [-0.2, -0.15) is 0 Å². The standard InChI is InChI=1S/C15H13N3O/c1-10-13(7-17-9-18-10)11-3-4-15(19-2)12-5-6-16-8-14(11)12/h3-9H,1-2H3. The molecule has 4 nitrogen and oxygen atoms in total. The first-order valence-electron chi connectivity index (χ1n) is 5.99. The lowest BCUT2D eigenvalue weighted by Gasteiger charge is -2.11. The van der Waals surface area contributed by atoms with Gasteiger partial charge in [-0.3, -0.25) is 4.98 Å². The molecule has 0 N–H and O–H groups in total. The second-order valence-corrected chi connectivity index (χ2v) is 4.26. The van der Waals surface area contributed by atoms with Crippen LogP contribution in [0.25, 0.3) is 21.9 Å². The van der Waals surface area contributed by atoms with E-state index in [1.165, 1.54) is 0 Å². The first-order valence-corrected chi connectivity index (χ1v) is 5.99. The molecule has 4 heteroatoms. The average molecular weight is 251 g/mol. The molecule has 19 heavy (non-hydrogen) atoms. The van der Waals surface area contributed by atoms with Crippen molar-refractivity contribution in [3.8, 4) is 16.9 Å². The van der Waals surface area contributed by atoms with E-state index in [0.29, 0.717) is 0 Å². The molecule has 0 spiro atoms. The fourth-order valence-corrected chi connectivity index (χ4v) is 2.23. The topological polar surface area (TPSA) is 47.9 Å². The summed E-state index contributed by atoms with van der Waals surface area (Å²) in [5.74, 6) is 0.843. The van der Waals surface area contributed by atoms with E-state index in [4.69, 9.17) is 4.74 Å². The van der Waals surface area contributed by atoms with Crippen molar-refractivity contribution in [3.05, 3.63) is 48.8 Å². The zero-order valence-electron chi connectivity index (χ0n) is 10.8. The lowest BCUT2D eigenvalue weighted by atomic mass is 9.99. The molecular weight excluding hydrogens is 238 g/mol. The van der Waals surface area contributed by atoms with Gasteiger partial charge in [-0.15, -0.1) is 0 Å². The summed E-state index contributed by atoms with van der Waals surface area (Å²) in [7, 11) is 1.67. The highest BCUT2D eigenvalue weighted by atomic mass is 16.5. The number of nitrogens with zero attached hydrogens (tertiary/aromatic N) is 3. The van der Waals surface area contributed by atoms with Gasteiger partial charge in [-0.05, 0) is 30.7 Å². The zero-order chi connectivity index (χ0) is 13.2. The molecule has 0 fully saturated rings. The molecule has 3 rings (SSSR count). The summed E-state index contributed by atoms with van der Waals surface area (Å²) in [5, 5.41) is 2.08. The Kier molecular flexibility index (Phi) is 2.83. The van der Waals surface area contributed by atoms with Crippen molar-refractivity contribution in [2.24, 2.45) is 0 Å². The Morgan fingerprint density at radius 3 is 2.63 bits per heavy atom. The third kappa shape index (κ3) is 1.91. The van der Waals surface area contributed by atoms with Gasteiger partial charge in [-0.25, -0.2) is 9.97 Å². The smallest absolute Gasteiger partial charge is 0.126 e. The lowest BCUT2D eigenvalue weighted by molar-refractivity contribution is 0.420. The monoisotopic (exact) mass is 251 g/mol. The minimum atomic E-state index is 0.843. The molecule has 0 aliphatic rings. The van der Waals surface area contributed by atoms with Gasteiger partial charge < -0.3 is 4.74 Å². The van der Waals surface area contributed by atoms with Gasteiger partial charge in [0, 0.05) is 40.6 Å². The summed E-state index contributed by atoms with van der Waals surface area (Å²) >= 11 is 0. The molecule has 0 saturated heterocycles. The van der Waals surface area contributed by atoms with Crippen LogP contribution in [0.4, 0.5) is 0 Å². The van der Waals surface area contributed by atoms with Crippen LogP contribution >= 0.6 is 0 Å². The van der Waals surface area contributed by atoms with Crippen molar-refractivity contribution >= 4 is 10.8 Å². The zero-order valence-corrected chi connectivity index (χ0v) is 10.8. The van der Waals surface area contributed by atoms with Crippen molar-refractivity contribution in [1.29, 1.82) is 0 Å². The first kappa shape index (κ1) is 11.6. The maximum Gasteiger partial charge on any atom is 0.126 e. The van der Waals surface area contributed by atoms with Crippen molar-refractivity contribution < 1.29 is 4.74 Å². The van der Waals surface area contributed by atoms with Crippen LogP contribution in [-0.4, -0.2) is 22.1 Å². The molecule has 0 amide bonds. The number of rotatable bonds is 2. The number of aryl methyl sites for hydroxylation is 1. The largest absolute Gasteiger partial charge is 0.496 e. The van der Waals surface area contributed by atoms with Crippen LogP contribution in [-0.2, 0) is 0 Å². The predicted octanol–water partition coefficient (Wildman–Crippen LogP) is 3.01. The van der Waals surface area contributed by atoms with Gasteiger partial charge in [0.05, 0.1) is 7.11 Å². The van der Waals surface area contributed by atoms with Crippen LogP contribution in [0.1, 0.15) is 5.69 Å². The summed E-state index contributed by atoms with van der Waals surface area (Å²) in [6, 6.07) is 5.94. The molecule has 0 unspecified atom stereocenters. The fraction of sp³-hybridized carbons (Fsp3) is 0.133. The predicted molar refractivity (Wildman–Crippen MR) is 74.1 cm³/mol. The fourth-order valence-electron chi connectivity index (χ4n) is 2.23. The third-order valence-corrected chi connectivity index (χ3v) is 3.20. The molecule has 1 aromatic carbocycles. The highest BCUT2D eigenvalue weighted by Crippen LogP contribution is 2.34. The molecule has 94 valence electrons. The first-order chi connectivity index (χ1) is 9.31. The molecule has 0 aliphatic carbocycles. The number of aromatic nitrogens is 3. The molecule has 0 radical (unpaired) electrons. The van der Waals surface area contributed by atoms with Crippen LogP contribution in [0.2, 0.25) is 0 Å². The van der Waals surface area contributed by atoms with E-state index in [1.54, 1.807) is 19.6 Å². The normalized spacial score (nSPS) is 10.6. The summed E-state index contributed by atoms with van der Waals surface area (Å²) < 4.78 is 5.39. The van der Waals surface area contributed by atoms with Crippen molar-refractivity contribution in [1.82, 2.24) is 15.0 Å². The summed E-state index contributed by atoms with van der Waals surface area (Å²) in [5.41, 5.74) is 3.04. The number of fused-ring (bicyclic) bond motifs is 1. The van der Waals surface area contributed by atoms with Crippen LogP contribution < -0.4 is 4.74 Å². The molecule has 0 aliphatic heterocycles. The van der Waals surface area contributed by atoms with Gasteiger partial charge in [0.25, 0.3) is 0 Å². The third-order valence-electron chi connectivity index (χ3n) is 3.20. The highest BCUT2D eigenvalue weighted by molar-refractivity contribution is 5.99. The average Bonchev–Trinajstić information content (AvgIpc) is 2.47. The van der Waals surface area contributed by atoms with Gasteiger partial charge in [0.1, 0.15) is 12.1 Å². The molecule has 3 aromatic rings. The molecular formula is C15H13N3O. The van der Waals surface area contributed by atoms with Gasteiger partial charge >= 0.3 is 0 Å². The van der Waals surface area contributed by atoms with Crippen molar-refractivity contribution in [2.45, 2.75) is 6.92 Å². The Labute approximate surface area is 111 Å². The quantitative estimate of drug-likeness (QED) is 0.702. The molecule has 0 saturated carbocycles. The molecule has 2 aromatic heterocycles. The Morgan fingerprint density at radius 2 is 1.84 bits per heavy atom. The number of hydrogen-bond donors (Lipinski definition) is 0. The van der Waals surface area contributed by atoms with E-state index in [1.807, 2.05) is 37.5 Å². The SMILES string of the molecule is COc1ccc(-c2cncnc2C)c2cnccc12. The second kappa shape index (κ2) is 4.65. The highest BCUT2D eigenvalue weighted by Gasteiger charge is 2.10. The Hall–Kier alpha value is -2.49. The van der Waals surface area contributed by atoms with Gasteiger partial charge in [0.15, 0.2) is 0 Å². The summed E-state index contributed by atoms with van der Waals surface area (Å²) in [6.45, 7) is 1.98. The van der Waals surface area contributed by atoms with E-state index in [0.717, 1.165) is 33.3 Å². The maximum absolute atomic E-state index is 5.39. The number of ether oxygens (including phenoxy) is 1. The number of hydrogen-bond acceptors (Lipinski definition) is 4. The van der Waals surface area contributed by atoms with E-state index < -0.39 is 0 Å². The van der Waals surface area contributed by atoms with Gasteiger partial charge in [0.2, 0.25) is 0 Å². The Bertz CT molecular complexity index is 740. The summed E-state index contributed by atoms with van der Waals surface area (Å²) in [4.78, 5) is 12.6. The van der Waals surface area contributed by atoms with E-state index in [9.17, 15) is 0 Å². The minimum Gasteiger partial charge on any atom is -0.496 e. The van der Waals surface area contributed by atoms with Crippen LogP contribution in [0.15, 0.2) is 43.1 Å². The van der Waals surface area contributed by atoms with E-state index in [-0.39, 0.29) is 0 Å². The lowest BCUT2D eigenvalue weighted by Crippen LogP contribution is -1.92. The number of pyridine rings is 1. The summed E-state index contributed by atoms with van der Waals surface area (Å²) in [6.07, 6.45) is 7.00. The van der Waals surface area contributed by atoms with E-state index in [2.05, 4.69) is 15.0 Å². The van der Waals surface area contributed by atoms with Crippen LogP contribution in [0, 0.1) is 6.92 Å². The van der Waals surface area contributed by atoms with Crippen molar-refractivity contribution in [2.75, 3.05) is 7.11 Å². The van der Waals surface area contributed by atoms with Crippen LogP contribution in [0.3, 0.4) is 0 Å². The molecule has 2 heterocycles. The van der Waals surface area contributed by atoms with Crippen molar-refractivity contribution in [3.63, 3.8) is 0 Å². The van der Waals surface area contributed by atoms with Crippen LogP contribution in [0.5, 0.6) is 5.75 Å². The van der Waals surface area contributed by atoms with E-state index >= 15 is 0 Å². The Morgan fingerprint density at radius 1 is 0.947 bits per heavy atom. The second-order valence-electron chi connectivity index (χ2n) is 4.26. The number of methoxy groups -OCH3 is 1. The van der Waals surface area contributed by atoms with Gasteiger partial charge in [-0.1, -0.05) is 0 Å². The number of benzene rings is 1. The molecule has 0 atom stereocenters. The minimum absolute atomic E-state index is 0.843. The Balaban J connectivity index is 2.35. The molecule has 0 bridgehead atoms.